The third kappa shape index (κ3) is 2.30. The highest BCUT2D eigenvalue weighted by atomic mass is 19.1. The molecule has 1 aromatic heterocycles. The summed E-state index contributed by atoms with van der Waals surface area (Å²) < 4.78 is 15.3. The number of benzene rings is 1. The standard InChI is InChI=1S/C17H20FN3O/c1-4-20-12(3)15(10-19-20)17(22)21-11(2)5-6-13-9-14(18)7-8-16(13)21/h7-11H,4-6H2,1-3H3/t11-/m0/s1. The minimum atomic E-state index is -0.254. The number of carbonyl (C=O) groups excluding carboxylic acids is 1. The highest BCUT2D eigenvalue weighted by molar-refractivity contribution is 6.07. The Morgan fingerprint density at radius 1 is 1.45 bits per heavy atom. The third-order valence-corrected chi connectivity index (χ3v) is 4.43. The average Bonchev–Trinajstić information content (AvgIpc) is 2.87. The Morgan fingerprint density at radius 3 is 2.91 bits per heavy atom. The summed E-state index contributed by atoms with van der Waals surface area (Å²) >= 11 is 0. The molecule has 0 saturated heterocycles. The molecule has 0 bridgehead atoms. The van der Waals surface area contributed by atoms with Crippen molar-refractivity contribution in [1.82, 2.24) is 9.78 Å². The zero-order valence-corrected chi connectivity index (χ0v) is 13.1. The highest BCUT2D eigenvalue weighted by Gasteiger charge is 2.30. The number of halogens is 1. The van der Waals surface area contributed by atoms with Gasteiger partial charge in [-0.05, 0) is 57.4 Å². The van der Waals surface area contributed by atoms with Crippen LogP contribution in [0.3, 0.4) is 0 Å². The van der Waals surface area contributed by atoms with E-state index in [0.29, 0.717) is 5.56 Å². The van der Waals surface area contributed by atoms with Crippen molar-refractivity contribution in [3.8, 4) is 0 Å². The fraction of sp³-hybridized carbons (Fsp3) is 0.412. The van der Waals surface area contributed by atoms with E-state index >= 15 is 0 Å². The number of hydrogen-bond acceptors (Lipinski definition) is 2. The van der Waals surface area contributed by atoms with Crippen LogP contribution in [-0.2, 0) is 13.0 Å². The first-order valence-corrected chi connectivity index (χ1v) is 7.67. The van der Waals surface area contributed by atoms with Gasteiger partial charge in [-0.15, -0.1) is 0 Å². The largest absolute Gasteiger partial charge is 0.305 e. The van der Waals surface area contributed by atoms with Crippen molar-refractivity contribution >= 4 is 11.6 Å². The topological polar surface area (TPSA) is 38.1 Å². The lowest BCUT2D eigenvalue weighted by Gasteiger charge is -2.35. The fourth-order valence-corrected chi connectivity index (χ4v) is 3.13. The van der Waals surface area contributed by atoms with Crippen LogP contribution in [0.25, 0.3) is 0 Å². The zero-order valence-electron chi connectivity index (χ0n) is 13.1. The molecule has 1 amide bonds. The molecule has 116 valence electrons. The maximum atomic E-state index is 13.4. The Hall–Kier alpha value is -2.17. The van der Waals surface area contributed by atoms with Crippen LogP contribution in [0.5, 0.6) is 0 Å². The maximum absolute atomic E-state index is 13.4. The predicted octanol–water partition coefficient (Wildman–Crippen LogP) is 3.33. The SMILES string of the molecule is CCn1ncc(C(=O)N2c3ccc(F)cc3CC[C@@H]2C)c1C. The van der Waals surface area contributed by atoms with E-state index in [2.05, 4.69) is 5.10 Å². The molecule has 2 heterocycles. The predicted molar refractivity (Wildman–Crippen MR) is 83.6 cm³/mol. The van der Waals surface area contributed by atoms with Gasteiger partial charge < -0.3 is 4.90 Å². The normalized spacial score (nSPS) is 17.5. The Bertz CT molecular complexity index is 723. The van der Waals surface area contributed by atoms with Crippen molar-refractivity contribution in [2.75, 3.05) is 4.90 Å². The molecular formula is C17H20FN3O. The molecule has 0 spiro atoms. The van der Waals surface area contributed by atoms with E-state index in [1.165, 1.54) is 12.1 Å². The zero-order chi connectivity index (χ0) is 15.9. The van der Waals surface area contributed by atoms with Gasteiger partial charge in [-0.3, -0.25) is 9.48 Å². The minimum absolute atomic E-state index is 0.0581. The number of nitrogens with zero attached hydrogens (tertiary/aromatic N) is 3. The molecule has 2 aromatic rings. The summed E-state index contributed by atoms with van der Waals surface area (Å²) in [4.78, 5) is 14.8. The van der Waals surface area contributed by atoms with Crippen molar-refractivity contribution in [2.24, 2.45) is 0 Å². The van der Waals surface area contributed by atoms with Crippen LogP contribution >= 0.6 is 0 Å². The van der Waals surface area contributed by atoms with Crippen LogP contribution in [0.15, 0.2) is 24.4 Å². The second-order valence-corrected chi connectivity index (χ2v) is 5.80. The van der Waals surface area contributed by atoms with Gasteiger partial charge in [0.25, 0.3) is 5.91 Å². The Labute approximate surface area is 129 Å². The van der Waals surface area contributed by atoms with Gasteiger partial charge in [0, 0.05) is 24.0 Å². The van der Waals surface area contributed by atoms with Gasteiger partial charge in [0.2, 0.25) is 0 Å². The van der Waals surface area contributed by atoms with Gasteiger partial charge in [0.05, 0.1) is 11.8 Å². The number of fused-ring (bicyclic) bond motifs is 1. The van der Waals surface area contributed by atoms with Crippen molar-refractivity contribution in [3.63, 3.8) is 0 Å². The number of aromatic nitrogens is 2. The number of hydrogen-bond donors (Lipinski definition) is 0. The summed E-state index contributed by atoms with van der Waals surface area (Å²) in [5.41, 5.74) is 3.19. The molecule has 5 heteroatoms. The molecule has 22 heavy (non-hydrogen) atoms. The lowest BCUT2D eigenvalue weighted by atomic mass is 9.95. The molecule has 4 nitrogen and oxygen atoms in total. The summed E-state index contributed by atoms with van der Waals surface area (Å²) in [5, 5.41) is 4.25. The molecule has 0 aliphatic carbocycles. The van der Waals surface area contributed by atoms with Crippen molar-refractivity contribution < 1.29 is 9.18 Å². The molecule has 1 aliphatic heterocycles. The van der Waals surface area contributed by atoms with Gasteiger partial charge in [-0.2, -0.15) is 5.10 Å². The molecule has 1 aromatic carbocycles. The van der Waals surface area contributed by atoms with E-state index < -0.39 is 0 Å². The first kappa shape index (κ1) is 14.8. The third-order valence-electron chi connectivity index (χ3n) is 4.43. The fourth-order valence-electron chi connectivity index (χ4n) is 3.13. The monoisotopic (exact) mass is 301 g/mol. The first-order chi connectivity index (χ1) is 10.5. The van der Waals surface area contributed by atoms with Crippen molar-refractivity contribution in [2.45, 2.75) is 46.2 Å². The van der Waals surface area contributed by atoms with E-state index in [9.17, 15) is 9.18 Å². The quantitative estimate of drug-likeness (QED) is 0.853. The molecule has 0 unspecified atom stereocenters. The van der Waals surface area contributed by atoms with Gasteiger partial charge >= 0.3 is 0 Å². The molecule has 1 aliphatic rings. The van der Waals surface area contributed by atoms with Crippen LogP contribution in [0, 0.1) is 12.7 Å². The molecule has 0 radical (unpaired) electrons. The lowest BCUT2D eigenvalue weighted by molar-refractivity contribution is 0.0974. The minimum Gasteiger partial charge on any atom is -0.305 e. The summed E-state index contributed by atoms with van der Waals surface area (Å²) in [6.45, 7) is 6.67. The van der Waals surface area contributed by atoms with E-state index in [0.717, 1.165) is 36.3 Å². The summed E-state index contributed by atoms with van der Waals surface area (Å²) in [5.74, 6) is -0.312. The number of carbonyl (C=O) groups is 1. The van der Waals surface area contributed by atoms with Crippen LogP contribution in [0.2, 0.25) is 0 Å². The van der Waals surface area contributed by atoms with E-state index in [4.69, 9.17) is 0 Å². The van der Waals surface area contributed by atoms with Gasteiger partial charge in [-0.25, -0.2) is 4.39 Å². The number of anilines is 1. The summed E-state index contributed by atoms with van der Waals surface area (Å²) in [6.07, 6.45) is 3.26. The molecule has 0 N–H and O–H groups in total. The number of rotatable bonds is 2. The summed E-state index contributed by atoms with van der Waals surface area (Å²) in [6, 6.07) is 4.75. The van der Waals surface area contributed by atoms with Gasteiger partial charge in [-0.1, -0.05) is 0 Å². The van der Waals surface area contributed by atoms with E-state index in [1.54, 1.807) is 17.2 Å². The number of aryl methyl sites for hydroxylation is 2. The van der Waals surface area contributed by atoms with Crippen LogP contribution in [0.4, 0.5) is 10.1 Å². The van der Waals surface area contributed by atoms with Gasteiger partial charge in [0.15, 0.2) is 0 Å². The first-order valence-electron chi connectivity index (χ1n) is 7.67. The Morgan fingerprint density at radius 2 is 2.23 bits per heavy atom. The Kier molecular flexibility index (Phi) is 3.72. The van der Waals surface area contributed by atoms with Crippen molar-refractivity contribution in [3.05, 3.63) is 47.0 Å². The van der Waals surface area contributed by atoms with E-state index in [1.807, 2.05) is 25.5 Å². The van der Waals surface area contributed by atoms with E-state index in [-0.39, 0.29) is 17.8 Å². The smallest absolute Gasteiger partial charge is 0.261 e. The van der Waals surface area contributed by atoms with Gasteiger partial charge in [0.1, 0.15) is 5.82 Å². The second-order valence-electron chi connectivity index (χ2n) is 5.80. The van der Waals surface area contributed by atoms with Crippen LogP contribution in [0.1, 0.15) is 41.9 Å². The van der Waals surface area contributed by atoms with Crippen LogP contribution < -0.4 is 4.90 Å². The molecule has 0 fully saturated rings. The number of amides is 1. The molecule has 1 atom stereocenters. The highest BCUT2D eigenvalue weighted by Crippen LogP contribution is 2.32. The molecule has 3 rings (SSSR count). The second kappa shape index (κ2) is 5.55. The Balaban J connectivity index is 2.03. The lowest BCUT2D eigenvalue weighted by Crippen LogP contribution is -2.42. The molecule has 0 saturated carbocycles. The summed E-state index contributed by atoms with van der Waals surface area (Å²) in [7, 11) is 0. The maximum Gasteiger partial charge on any atom is 0.261 e. The van der Waals surface area contributed by atoms with Crippen molar-refractivity contribution in [1.29, 1.82) is 0 Å². The molecular weight excluding hydrogens is 281 g/mol. The average molecular weight is 301 g/mol. The van der Waals surface area contributed by atoms with Crippen LogP contribution in [-0.4, -0.2) is 21.7 Å².